The summed E-state index contributed by atoms with van der Waals surface area (Å²) in [4.78, 5) is 2.11. The van der Waals surface area contributed by atoms with E-state index in [2.05, 4.69) is 70.9 Å². The minimum absolute atomic E-state index is 0.120. The number of nitrogens with one attached hydrogen (secondary N) is 1. The van der Waals surface area contributed by atoms with Crippen LogP contribution in [0.3, 0.4) is 0 Å². The summed E-state index contributed by atoms with van der Waals surface area (Å²) in [5.74, 6) is 2.50. The summed E-state index contributed by atoms with van der Waals surface area (Å²) in [6, 6.07) is 23.3. The van der Waals surface area contributed by atoms with Gasteiger partial charge in [-0.2, -0.15) is 0 Å². The number of benzene rings is 3. The van der Waals surface area contributed by atoms with E-state index in [1.165, 1.54) is 22.3 Å². The molecule has 0 saturated carbocycles. The molecule has 4 rings (SSSR count). The summed E-state index contributed by atoms with van der Waals surface area (Å²) < 4.78 is 17.7. The summed E-state index contributed by atoms with van der Waals surface area (Å²) in [6.07, 6.45) is 1.87. The van der Waals surface area contributed by atoms with Crippen LogP contribution in [0.25, 0.3) is 0 Å². The number of fused-ring (bicyclic) bond motifs is 1. The number of ether oxygens (including phenoxy) is 3. The number of rotatable bonds is 10. The van der Waals surface area contributed by atoms with E-state index in [4.69, 9.17) is 14.2 Å². The lowest BCUT2D eigenvalue weighted by Crippen LogP contribution is -2.30. The second kappa shape index (κ2) is 11.2. The smallest absolute Gasteiger partial charge is 0.161 e. The molecule has 5 nitrogen and oxygen atoms in total. The maximum absolute atomic E-state index is 6.07. The van der Waals surface area contributed by atoms with Gasteiger partial charge in [0.25, 0.3) is 0 Å². The van der Waals surface area contributed by atoms with Crippen molar-refractivity contribution in [3.63, 3.8) is 0 Å². The van der Waals surface area contributed by atoms with Gasteiger partial charge < -0.3 is 24.4 Å². The predicted molar refractivity (Wildman–Crippen MR) is 133 cm³/mol. The molecule has 0 aliphatic carbocycles. The van der Waals surface area contributed by atoms with E-state index in [0.29, 0.717) is 13.2 Å². The molecule has 0 saturated heterocycles. The standard InChI is InChI=1S/C28H34N2O3/c1-30(2)16-18-33-27-20-25-23(19-26(27)31-3)13-15-29-28(25)22-9-11-24(12-10-22)32-17-14-21-7-5-4-6-8-21/h4-12,19-20,28-29H,13-18H2,1-3H3. The van der Waals surface area contributed by atoms with Crippen LogP contribution in [0.5, 0.6) is 17.2 Å². The Labute approximate surface area is 197 Å². The van der Waals surface area contributed by atoms with E-state index >= 15 is 0 Å². The lowest BCUT2D eigenvalue weighted by Gasteiger charge is -2.29. The molecule has 1 heterocycles. The van der Waals surface area contributed by atoms with E-state index in [1.54, 1.807) is 7.11 Å². The summed E-state index contributed by atoms with van der Waals surface area (Å²) in [6.45, 7) is 3.07. The molecule has 0 aromatic heterocycles. The van der Waals surface area contributed by atoms with Gasteiger partial charge in [0.1, 0.15) is 12.4 Å². The Kier molecular flexibility index (Phi) is 7.87. The lowest BCUT2D eigenvalue weighted by molar-refractivity contribution is 0.250. The normalized spacial score (nSPS) is 15.2. The first-order chi connectivity index (χ1) is 16.1. The van der Waals surface area contributed by atoms with Crippen LogP contribution < -0.4 is 19.5 Å². The molecule has 174 valence electrons. The van der Waals surface area contributed by atoms with E-state index < -0.39 is 0 Å². The Balaban J connectivity index is 1.46. The van der Waals surface area contributed by atoms with Crippen molar-refractivity contribution in [1.82, 2.24) is 10.2 Å². The van der Waals surface area contributed by atoms with Gasteiger partial charge in [-0.1, -0.05) is 42.5 Å². The van der Waals surface area contributed by atoms with Crippen LogP contribution in [0.2, 0.25) is 0 Å². The van der Waals surface area contributed by atoms with E-state index in [0.717, 1.165) is 43.2 Å². The molecule has 1 aliphatic rings. The maximum Gasteiger partial charge on any atom is 0.161 e. The first kappa shape index (κ1) is 23.1. The zero-order chi connectivity index (χ0) is 23.0. The molecule has 1 aliphatic heterocycles. The number of methoxy groups -OCH3 is 1. The molecule has 1 unspecified atom stereocenters. The van der Waals surface area contributed by atoms with Crippen LogP contribution in [-0.4, -0.2) is 52.4 Å². The van der Waals surface area contributed by atoms with Gasteiger partial charge in [-0.25, -0.2) is 0 Å². The molecule has 0 radical (unpaired) electrons. The third kappa shape index (κ3) is 6.06. The Morgan fingerprint density at radius 1 is 0.909 bits per heavy atom. The summed E-state index contributed by atoms with van der Waals surface area (Å²) in [7, 11) is 5.79. The van der Waals surface area contributed by atoms with Crippen molar-refractivity contribution < 1.29 is 14.2 Å². The van der Waals surface area contributed by atoms with Crippen LogP contribution >= 0.6 is 0 Å². The zero-order valence-electron chi connectivity index (χ0n) is 19.8. The number of hydrogen-bond acceptors (Lipinski definition) is 5. The monoisotopic (exact) mass is 446 g/mol. The largest absolute Gasteiger partial charge is 0.493 e. The highest BCUT2D eigenvalue weighted by Crippen LogP contribution is 2.37. The quantitative estimate of drug-likeness (QED) is 0.497. The Morgan fingerprint density at radius 3 is 2.42 bits per heavy atom. The Hall–Kier alpha value is -3.02. The molecule has 0 fully saturated rings. The van der Waals surface area contributed by atoms with E-state index in [-0.39, 0.29) is 6.04 Å². The average molecular weight is 447 g/mol. The lowest BCUT2D eigenvalue weighted by atomic mass is 9.89. The molecule has 1 atom stereocenters. The molecule has 0 spiro atoms. The molecule has 3 aromatic rings. The molecule has 0 amide bonds. The van der Waals surface area contributed by atoms with Crippen molar-refractivity contribution in [2.75, 3.05) is 47.5 Å². The summed E-state index contributed by atoms with van der Waals surface area (Å²) in [5.41, 5.74) is 5.06. The van der Waals surface area contributed by atoms with Crippen molar-refractivity contribution in [2.45, 2.75) is 18.9 Å². The van der Waals surface area contributed by atoms with E-state index in [9.17, 15) is 0 Å². The third-order valence-corrected chi connectivity index (χ3v) is 5.99. The van der Waals surface area contributed by atoms with Crippen molar-refractivity contribution >= 4 is 0 Å². The van der Waals surface area contributed by atoms with Crippen LogP contribution in [0.1, 0.15) is 28.3 Å². The molecule has 1 N–H and O–H groups in total. The van der Waals surface area contributed by atoms with Gasteiger partial charge in [0.2, 0.25) is 0 Å². The highest BCUT2D eigenvalue weighted by molar-refractivity contribution is 5.52. The van der Waals surface area contributed by atoms with Gasteiger partial charge in [0.15, 0.2) is 11.5 Å². The first-order valence-electron chi connectivity index (χ1n) is 11.6. The highest BCUT2D eigenvalue weighted by Gasteiger charge is 2.24. The number of hydrogen-bond donors (Lipinski definition) is 1. The van der Waals surface area contributed by atoms with Crippen LogP contribution in [-0.2, 0) is 12.8 Å². The SMILES string of the molecule is COc1cc2c(cc1OCCN(C)C)C(c1ccc(OCCc3ccccc3)cc1)NCC2. The Morgan fingerprint density at radius 2 is 1.70 bits per heavy atom. The third-order valence-electron chi connectivity index (χ3n) is 5.99. The fraction of sp³-hybridized carbons (Fsp3) is 0.357. The number of likely N-dealkylation sites (N-methyl/N-ethyl adjacent to an activating group) is 1. The van der Waals surface area contributed by atoms with Crippen LogP contribution in [0, 0.1) is 0 Å². The van der Waals surface area contributed by atoms with Crippen LogP contribution in [0.4, 0.5) is 0 Å². The van der Waals surface area contributed by atoms with Crippen molar-refractivity contribution in [3.8, 4) is 17.2 Å². The van der Waals surface area contributed by atoms with Gasteiger partial charge in [0.05, 0.1) is 19.8 Å². The van der Waals surface area contributed by atoms with Gasteiger partial charge in [-0.05, 0) is 67.0 Å². The second-order valence-electron chi connectivity index (χ2n) is 8.64. The number of nitrogens with zero attached hydrogens (tertiary/aromatic N) is 1. The van der Waals surface area contributed by atoms with Crippen molar-refractivity contribution in [3.05, 3.63) is 89.0 Å². The molecule has 5 heteroatoms. The van der Waals surface area contributed by atoms with Gasteiger partial charge in [0, 0.05) is 19.5 Å². The molecule has 3 aromatic carbocycles. The average Bonchev–Trinajstić information content (AvgIpc) is 2.84. The fourth-order valence-electron chi connectivity index (χ4n) is 4.16. The Bertz CT molecular complexity index is 1020. The molecule has 33 heavy (non-hydrogen) atoms. The van der Waals surface area contributed by atoms with Gasteiger partial charge in [-0.3, -0.25) is 0 Å². The summed E-state index contributed by atoms with van der Waals surface area (Å²) >= 11 is 0. The second-order valence-corrected chi connectivity index (χ2v) is 8.64. The predicted octanol–water partition coefficient (Wildman–Crippen LogP) is 4.49. The highest BCUT2D eigenvalue weighted by atomic mass is 16.5. The van der Waals surface area contributed by atoms with Crippen molar-refractivity contribution in [1.29, 1.82) is 0 Å². The van der Waals surface area contributed by atoms with Crippen molar-refractivity contribution in [2.24, 2.45) is 0 Å². The topological polar surface area (TPSA) is 43.0 Å². The van der Waals surface area contributed by atoms with Crippen LogP contribution in [0.15, 0.2) is 66.7 Å². The zero-order valence-corrected chi connectivity index (χ0v) is 19.8. The first-order valence-corrected chi connectivity index (χ1v) is 11.6. The summed E-state index contributed by atoms with van der Waals surface area (Å²) in [5, 5.41) is 3.67. The maximum atomic E-state index is 6.07. The molecular weight excluding hydrogens is 412 g/mol. The van der Waals surface area contributed by atoms with Gasteiger partial charge in [-0.15, -0.1) is 0 Å². The molecule has 0 bridgehead atoms. The van der Waals surface area contributed by atoms with Gasteiger partial charge >= 0.3 is 0 Å². The molecular formula is C28H34N2O3. The fourth-order valence-corrected chi connectivity index (χ4v) is 4.16. The van der Waals surface area contributed by atoms with E-state index in [1.807, 2.05) is 20.2 Å². The minimum Gasteiger partial charge on any atom is -0.493 e. The minimum atomic E-state index is 0.120.